The molecule has 0 saturated heterocycles. The van der Waals surface area contributed by atoms with Crippen LogP contribution in [-0.2, 0) is 0 Å². The fraction of sp³-hybridized carbons (Fsp3) is 0.846. The highest BCUT2D eigenvalue weighted by Gasteiger charge is 2.19. The van der Waals surface area contributed by atoms with E-state index in [1.54, 1.807) is 0 Å². The summed E-state index contributed by atoms with van der Waals surface area (Å²) in [5, 5.41) is 0. The molecule has 0 amide bonds. The van der Waals surface area contributed by atoms with Crippen molar-refractivity contribution in [3.05, 3.63) is 12.7 Å². The van der Waals surface area contributed by atoms with E-state index in [9.17, 15) is 0 Å². The van der Waals surface area contributed by atoms with Gasteiger partial charge in [0.05, 0.1) is 0 Å². The zero-order valence-corrected chi connectivity index (χ0v) is 9.84. The lowest BCUT2D eigenvalue weighted by molar-refractivity contribution is 0.282. The van der Waals surface area contributed by atoms with Crippen molar-refractivity contribution in [3.8, 4) is 0 Å². The lowest BCUT2D eigenvalue weighted by Gasteiger charge is -2.26. The highest BCUT2D eigenvalue weighted by molar-refractivity contribution is 4.86. The SMILES string of the molecule is C=CC(C(C)C)C(CC)CCCC. The van der Waals surface area contributed by atoms with Gasteiger partial charge in [-0.2, -0.15) is 0 Å². The zero-order valence-electron chi connectivity index (χ0n) is 9.84. The highest BCUT2D eigenvalue weighted by Crippen LogP contribution is 2.28. The predicted molar refractivity (Wildman–Crippen MR) is 61.8 cm³/mol. The topological polar surface area (TPSA) is 0 Å². The van der Waals surface area contributed by atoms with E-state index in [4.69, 9.17) is 0 Å². The number of allylic oxidation sites excluding steroid dienone is 1. The van der Waals surface area contributed by atoms with E-state index in [2.05, 4.69) is 40.3 Å². The molecule has 0 nitrogen and oxygen atoms in total. The van der Waals surface area contributed by atoms with E-state index < -0.39 is 0 Å². The largest absolute Gasteiger partial charge is 0.103 e. The van der Waals surface area contributed by atoms with Crippen molar-refractivity contribution >= 4 is 0 Å². The highest BCUT2D eigenvalue weighted by atomic mass is 14.2. The van der Waals surface area contributed by atoms with Crippen LogP contribution in [0.1, 0.15) is 53.4 Å². The van der Waals surface area contributed by atoms with Crippen molar-refractivity contribution < 1.29 is 0 Å². The molecule has 0 radical (unpaired) electrons. The van der Waals surface area contributed by atoms with Gasteiger partial charge in [0, 0.05) is 0 Å². The summed E-state index contributed by atoms with van der Waals surface area (Å²) in [5.41, 5.74) is 0. The number of hydrogen-bond acceptors (Lipinski definition) is 0. The Labute approximate surface area is 84.4 Å². The van der Waals surface area contributed by atoms with E-state index in [1.165, 1.54) is 25.7 Å². The van der Waals surface area contributed by atoms with Gasteiger partial charge in [0.1, 0.15) is 0 Å². The maximum absolute atomic E-state index is 3.96. The Morgan fingerprint density at radius 2 is 1.85 bits per heavy atom. The van der Waals surface area contributed by atoms with Crippen molar-refractivity contribution in [1.82, 2.24) is 0 Å². The quantitative estimate of drug-likeness (QED) is 0.502. The molecule has 0 aromatic heterocycles. The van der Waals surface area contributed by atoms with Gasteiger partial charge in [-0.25, -0.2) is 0 Å². The molecule has 0 aromatic rings. The fourth-order valence-electron chi connectivity index (χ4n) is 2.14. The second-order valence-electron chi connectivity index (χ2n) is 4.37. The predicted octanol–water partition coefficient (Wildman–Crippen LogP) is 4.66. The van der Waals surface area contributed by atoms with Crippen LogP contribution in [0.5, 0.6) is 0 Å². The molecule has 2 atom stereocenters. The summed E-state index contributed by atoms with van der Waals surface area (Å²) in [6.45, 7) is 13.1. The summed E-state index contributed by atoms with van der Waals surface area (Å²) in [5.74, 6) is 2.33. The Kier molecular flexibility index (Phi) is 7.03. The molecule has 0 fully saturated rings. The van der Waals surface area contributed by atoms with Crippen LogP contribution in [0.2, 0.25) is 0 Å². The molecule has 0 aliphatic heterocycles. The van der Waals surface area contributed by atoms with E-state index >= 15 is 0 Å². The Balaban J connectivity index is 4.08. The van der Waals surface area contributed by atoms with Crippen LogP contribution < -0.4 is 0 Å². The third-order valence-corrected chi connectivity index (χ3v) is 3.04. The summed E-state index contributed by atoms with van der Waals surface area (Å²) in [6, 6.07) is 0. The molecule has 0 N–H and O–H groups in total. The van der Waals surface area contributed by atoms with E-state index in [0.29, 0.717) is 0 Å². The van der Waals surface area contributed by atoms with Crippen molar-refractivity contribution in [3.63, 3.8) is 0 Å². The lowest BCUT2D eigenvalue weighted by atomic mass is 9.79. The first-order valence-corrected chi connectivity index (χ1v) is 5.79. The minimum Gasteiger partial charge on any atom is -0.103 e. The van der Waals surface area contributed by atoms with Gasteiger partial charge in [-0.05, 0) is 24.2 Å². The molecule has 78 valence electrons. The first-order chi connectivity index (χ1) is 6.17. The maximum Gasteiger partial charge on any atom is -0.0185 e. The average Bonchev–Trinajstić information content (AvgIpc) is 2.11. The van der Waals surface area contributed by atoms with Gasteiger partial charge in [0.15, 0.2) is 0 Å². The summed E-state index contributed by atoms with van der Waals surface area (Å²) < 4.78 is 0. The van der Waals surface area contributed by atoms with Gasteiger partial charge in [0.25, 0.3) is 0 Å². The average molecular weight is 182 g/mol. The molecular weight excluding hydrogens is 156 g/mol. The molecule has 0 aliphatic carbocycles. The molecule has 2 unspecified atom stereocenters. The van der Waals surface area contributed by atoms with Crippen molar-refractivity contribution in [2.45, 2.75) is 53.4 Å². The zero-order chi connectivity index (χ0) is 10.3. The third-order valence-electron chi connectivity index (χ3n) is 3.04. The molecule has 13 heavy (non-hydrogen) atoms. The Bertz CT molecular complexity index is 124. The van der Waals surface area contributed by atoms with Crippen LogP contribution in [0.25, 0.3) is 0 Å². The molecular formula is C13H26. The van der Waals surface area contributed by atoms with Crippen LogP contribution in [0.4, 0.5) is 0 Å². The van der Waals surface area contributed by atoms with Gasteiger partial charge in [-0.1, -0.05) is 53.0 Å². The van der Waals surface area contributed by atoms with Crippen molar-refractivity contribution in [2.75, 3.05) is 0 Å². The summed E-state index contributed by atoms with van der Waals surface area (Å²) >= 11 is 0. The normalized spacial score (nSPS) is 15.8. The molecule has 0 spiro atoms. The first-order valence-electron chi connectivity index (χ1n) is 5.79. The minimum absolute atomic E-state index is 0.719. The Morgan fingerprint density at radius 3 is 2.15 bits per heavy atom. The van der Waals surface area contributed by atoms with E-state index in [1.807, 2.05) is 0 Å². The van der Waals surface area contributed by atoms with Gasteiger partial charge < -0.3 is 0 Å². The second-order valence-corrected chi connectivity index (χ2v) is 4.37. The Hall–Kier alpha value is -0.260. The van der Waals surface area contributed by atoms with Crippen LogP contribution in [-0.4, -0.2) is 0 Å². The fourth-order valence-corrected chi connectivity index (χ4v) is 2.14. The summed E-state index contributed by atoms with van der Waals surface area (Å²) in [7, 11) is 0. The van der Waals surface area contributed by atoms with Gasteiger partial charge in [0.2, 0.25) is 0 Å². The maximum atomic E-state index is 3.96. The van der Waals surface area contributed by atoms with Crippen LogP contribution in [0.15, 0.2) is 12.7 Å². The number of rotatable bonds is 7. The smallest absolute Gasteiger partial charge is 0.0185 e. The van der Waals surface area contributed by atoms with E-state index in [0.717, 1.165) is 17.8 Å². The number of unbranched alkanes of at least 4 members (excludes halogenated alkanes) is 1. The molecule has 0 heteroatoms. The van der Waals surface area contributed by atoms with Crippen molar-refractivity contribution in [1.29, 1.82) is 0 Å². The molecule has 0 saturated carbocycles. The van der Waals surface area contributed by atoms with Crippen LogP contribution in [0.3, 0.4) is 0 Å². The van der Waals surface area contributed by atoms with Gasteiger partial charge in [-0.15, -0.1) is 6.58 Å². The van der Waals surface area contributed by atoms with Gasteiger partial charge in [-0.3, -0.25) is 0 Å². The third kappa shape index (κ3) is 4.50. The molecule has 0 rings (SSSR count). The molecule has 0 heterocycles. The van der Waals surface area contributed by atoms with Gasteiger partial charge >= 0.3 is 0 Å². The number of hydrogen-bond donors (Lipinski definition) is 0. The second kappa shape index (κ2) is 7.17. The first kappa shape index (κ1) is 12.7. The molecule has 0 aliphatic rings. The monoisotopic (exact) mass is 182 g/mol. The van der Waals surface area contributed by atoms with Crippen LogP contribution >= 0.6 is 0 Å². The van der Waals surface area contributed by atoms with Crippen molar-refractivity contribution in [2.24, 2.45) is 17.8 Å². The summed E-state index contributed by atoms with van der Waals surface area (Å²) in [4.78, 5) is 0. The lowest BCUT2D eigenvalue weighted by Crippen LogP contribution is -2.17. The standard InChI is InChI=1S/C13H26/c1-6-9-10-12(7-2)13(8-3)11(4)5/h8,11-13H,3,6-7,9-10H2,1-2,4-5H3. The summed E-state index contributed by atoms with van der Waals surface area (Å²) in [6.07, 6.45) is 7.53. The Morgan fingerprint density at radius 1 is 1.23 bits per heavy atom. The van der Waals surface area contributed by atoms with E-state index in [-0.39, 0.29) is 0 Å². The molecule has 0 bridgehead atoms. The minimum atomic E-state index is 0.719. The molecule has 0 aromatic carbocycles. The van der Waals surface area contributed by atoms with Crippen LogP contribution in [0, 0.1) is 17.8 Å².